The molecule has 0 saturated heterocycles. The van der Waals surface area contributed by atoms with Crippen LogP contribution in [0.15, 0.2) is 4.99 Å². The van der Waals surface area contributed by atoms with Gasteiger partial charge in [-0.05, 0) is 31.1 Å². The molecule has 0 aromatic carbocycles. The summed E-state index contributed by atoms with van der Waals surface area (Å²) in [5.74, 6) is 2.72. The van der Waals surface area contributed by atoms with Crippen molar-refractivity contribution < 1.29 is 0 Å². The fourth-order valence-electron chi connectivity index (χ4n) is 3.38. The number of nitrogens with zero attached hydrogens (tertiary/aromatic N) is 1. The minimum Gasteiger partial charge on any atom is -0.356 e. The van der Waals surface area contributed by atoms with Crippen LogP contribution in [0.1, 0.15) is 58.3 Å². The van der Waals surface area contributed by atoms with E-state index < -0.39 is 0 Å². The molecule has 2 aliphatic carbocycles. The van der Waals surface area contributed by atoms with Gasteiger partial charge in [0.05, 0.1) is 0 Å². The molecule has 2 fully saturated rings. The minimum absolute atomic E-state index is 0.653. The van der Waals surface area contributed by atoms with Gasteiger partial charge in [0.1, 0.15) is 0 Å². The highest BCUT2D eigenvalue weighted by molar-refractivity contribution is 5.79. The van der Waals surface area contributed by atoms with Gasteiger partial charge in [-0.15, -0.1) is 0 Å². The Morgan fingerprint density at radius 2 is 1.72 bits per heavy atom. The average Bonchev–Trinajstić information content (AvgIpc) is 2.89. The first-order valence-corrected chi connectivity index (χ1v) is 7.76. The van der Waals surface area contributed by atoms with Crippen molar-refractivity contribution in [2.45, 2.75) is 64.3 Å². The molecule has 0 bridgehead atoms. The molecular weight excluding hydrogens is 222 g/mol. The number of rotatable bonds is 3. The standard InChI is InChI=1S/C15H29N3/c1-12-7-3-4-8-13(12)11-17-15(16-2)18-14-9-5-6-10-14/h12-14H,3-11H2,1-2H3,(H2,16,17,18). The van der Waals surface area contributed by atoms with Crippen molar-refractivity contribution in [1.29, 1.82) is 0 Å². The van der Waals surface area contributed by atoms with Crippen LogP contribution in [0.4, 0.5) is 0 Å². The summed E-state index contributed by atoms with van der Waals surface area (Å²) in [5.41, 5.74) is 0. The summed E-state index contributed by atoms with van der Waals surface area (Å²) in [4.78, 5) is 4.36. The highest BCUT2D eigenvalue weighted by Crippen LogP contribution is 2.28. The number of aliphatic imine (C=N–C) groups is 1. The molecule has 0 aromatic rings. The zero-order valence-corrected chi connectivity index (χ0v) is 12.0. The topological polar surface area (TPSA) is 36.4 Å². The van der Waals surface area contributed by atoms with Gasteiger partial charge in [-0.3, -0.25) is 4.99 Å². The molecule has 3 heteroatoms. The lowest BCUT2D eigenvalue weighted by atomic mass is 9.80. The maximum Gasteiger partial charge on any atom is 0.191 e. The summed E-state index contributed by atoms with van der Waals surface area (Å²) in [6, 6.07) is 0.653. The summed E-state index contributed by atoms with van der Waals surface area (Å²) in [7, 11) is 1.88. The fourth-order valence-corrected chi connectivity index (χ4v) is 3.38. The summed E-state index contributed by atoms with van der Waals surface area (Å²) < 4.78 is 0. The number of hydrogen-bond donors (Lipinski definition) is 2. The van der Waals surface area contributed by atoms with Crippen molar-refractivity contribution >= 4 is 5.96 Å². The van der Waals surface area contributed by atoms with E-state index in [1.165, 1.54) is 51.4 Å². The van der Waals surface area contributed by atoms with E-state index in [2.05, 4.69) is 22.5 Å². The van der Waals surface area contributed by atoms with Crippen LogP contribution >= 0.6 is 0 Å². The Morgan fingerprint density at radius 1 is 1.06 bits per heavy atom. The van der Waals surface area contributed by atoms with Crippen LogP contribution in [0.5, 0.6) is 0 Å². The maximum absolute atomic E-state index is 4.36. The van der Waals surface area contributed by atoms with Crippen LogP contribution in [0, 0.1) is 11.8 Å². The van der Waals surface area contributed by atoms with Crippen LogP contribution in [-0.4, -0.2) is 25.6 Å². The molecule has 2 aliphatic rings. The lowest BCUT2D eigenvalue weighted by Gasteiger charge is -2.29. The quantitative estimate of drug-likeness (QED) is 0.598. The number of nitrogens with one attached hydrogen (secondary N) is 2. The smallest absolute Gasteiger partial charge is 0.191 e. The van der Waals surface area contributed by atoms with Gasteiger partial charge < -0.3 is 10.6 Å². The van der Waals surface area contributed by atoms with Crippen molar-refractivity contribution in [2.24, 2.45) is 16.8 Å². The van der Waals surface area contributed by atoms with Gasteiger partial charge in [0, 0.05) is 19.6 Å². The van der Waals surface area contributed by atoms with E-state index in [9.17, 15) is 0 Å². The van der Waals surface area contributed by atoms with E-state index in [-0.39, 0.29) is 0 Å². The lowest BCUT2D eigenvalue weighted by Crippen LogP contribution is -2.44. The summed E-state index contributed by atoms with van der Waals surface area (Å²) in [6.07, 6.45) is 11.0. The van der Waals surface area contributed by atoms with E-state index in [1.54, 1.807) is 0 Å². The Labute approximate surface area is 112 Å². The molecule has 2 N–H and O–H groups in total. The Kier molecular flexibility index (Phi) is 5.33. The minimum atomic E-state index is 0.653. The molecule has 0 aliphatic heterocycles. The highest BCUT2D eigenvalue weighted by atomic mass is 15.2. The Hall–Kier alpha value is -0.730. The van der Waals surface area contributed by atoms with Gasteiger partial charge in [0.2, 0.25) is 0 Å². The zero-order chi connectivity index (χ0) is 12.8. The third-order valence-electron chi connectivity index (χ3n) is 4.74. The van der Waals surface area contributed by atoms with E-state index in [1.807, 2.05) is 7.05 Å². The highest BCUT2D eigenvalue weighted by Gasteiger charge is 2.22. The number of guanidine groups is 1. The predicted molar refractivity (Wildman–Crippen MR) is 77.9 cm³/mol. The van der Waals surface area contributed by atoms with Crippen molar-refractivity contribution in [3.63, 3.8) is 0 Å². The summed E-state index contributed by atoms with van der Waals surface area (Å²) in [5, 5.41) is 7.09. The molecular formula is C15H29N3. The van der Waals surface area contributed by atoms with Gasteiger partial charge in [-0.1, -0.05) is 39.0 Å². The normalized spacial score (nSPS) is 30.4. The molecule has 3 nitrogen and oxygen atoms in total. The van der Waals surface area contributed by atoms with Crippen molar-refractivity contribution in [1.82, 2.24) is 10.6 Å². The average molecular weight is 251 g/mol. The third-order valence-corrected chi connectivity index (χ3v) is 4.74. The van der Waals surface area contributed by atoms with Gasteiger partial charge in [-0.25, -0.2) is 0 Å². The van der Waals surface area contributed by atoms with Crippen molar-refractivity contribution in [3.05, 3.63) is 0 Å². The maximum atomic E-state index is 4.36. The zero-order valence-electron chi connectivity index (χ0n) is 12.0. The molecule has 0 spiro atoms. The van der Waals surface area contributed by atoms with Crippen molar-refractivity contribution in [3.8, 4) is 0 Å². The first-order chi connectivity index (χ1) is 8.79. The molecule has 2 atom stereocenters. The second-order valence-electron chi connectivity index (χ2n) is 6.10. The second kappa shape index (κ2) is 7.01. The Morgan fingerprint density at radius 3 is 2.39 bits per heavy atom. The van der Waals surface area contributed by atoms with Gasteiger partial charge in [0.25, 0.3) is 0 Å². The summed E-state index contributed by atoms with van der Waals surface area (Å²) in [6.45, 7) is 3.49. The fraction of sp³-hybridized carbons (Fsp3) is 0.933. The second-order valence-corrected chi connectivity index (χ2v) is 6.10. The molecule has 0 heterocycles. The summed E-state index contributed by atoms with van der Waals surface area (Å²) >= 11 is 0. The van der Waals surface area contributed by atoms with Crippen LogP contribution in [-0.2, 0) is 0 Å². The van der Waals surface area contributed by atoms with E-state index in [0.29, 0.717) is 6.04 Å². The van der Waals surface area contributed by atoms with E-state index in [4.69, 9.17) is 0 Å². The SMILES string of the molecule is CN=C(NCC1CCCCC1C)NC1CCCC1. The molecule has 0 amide bonds. The molecule has 2 saturated carbocycles. The van der Waals surface area contributed by atoms with Crippen molar-refractivity contribution in [2.75, 3.05) is 13.6 Å². The van der Waals surface area contributed by atoms with E-state index in [0.717, 1.165) is 24.3 Å². The molecule has 2 unspecified atom stereocenters. The Balaban J connectivity index is 1.72. The van der Waals surface area contributed by atoms with Gasteiger partial charge in [0.15, 0.2) is 5.96 Å². The first-order valence-electron chi connectivity index (χ1n) is 7.76. The molecule has 18 heavy (non-hydrogen) atoms. The van der Waals surface area contributed by atoms with Crippen LogP contribution < -0.4 is 10.6 Å². The molecule has 104 valence electrons. The van der Waals surface area contributed by atoms with E-state index >= 15 is 0 Å². The largest absolute Gasteiger partial charge is 0.356 e. The Bertz CT molecular complexity index is 269. The predicted octanol–water partition coefficient (Wildman–Crippen LogP) is 2.92. The first kappa shape index (κ1) is 13.7. The molecule has 2 rings (SSSR count). The lowest BCUT2D eigenvalue weighted by molar-refractivity contribution is 0.256. The van der Waals surface area contributed by atoms with Crippen LogP contribution in [0.2, 0.25) is 0 Å². The number of hydrogen-bond acceptors (Lipinski definition) is 1. The van der Waals surface area contributed by atoms with Gasteiger partial charge in [-0.2, -0.15) is 0 Å². The monoisotopic (exact) mass is 251 g/mol. The van der Waals surface area contributed by atoms with Crippen LogP contribution in [0.3, 0.4) is 0 Å². The third kappa shape index (κ3) is 3.89. The molecule has 0 radical (unpaired) electrons. The molecule has 0 aromatic heterocycles. The van der Waals surface area contributed by atoms with Crippen LogP contribution in [0.25, 0.3) is 0 Å². The van der Waals surface area contributed by atoms with Gasteiger partial charge >= 0.3 is 0 Å².